The number of hydrogen-bond donors (Lipinski definition) is 1. The Kier molecular flexibility index (Phi) is 3.98. The van der Waals surface area contributed by atoms with Crippen LogP contribution in [0.1, 0.15) is 28.5 Å². The minimum atomic E-state index is -0.0701. The van der Waals surface area contributed by atoms with Crippen molar-refractivity contribution in [2.24, 2.45) is 0 Å². The van der Waals surface area contributed by atoms with Gasteiger partial charge in [0, 0.05) is 16.6 Å². The summed E-state index contributed by atoms with van der Waals surface area (Å²) in [6.45, 7) is 6.33. The molecular formula is C17H19N3OS. The number of nitrogens with one attached hydrogen (secondary N) is 1. The minimum absolute atomic E-state index is 0.00101. The number of carbonyl (C=O) groups excluding carboxylic acids is 1. The molecule has 0 radical (unpaired) electrons. The third-order valence-corrected chi connectivity index (χ3v) is 4.62. The van der Waals surface area contributed by atoms with Crippen LogP contribution in [0.15, 0.2) is 36.5 Å². The van der Waals surface area contributed by atoms with Crippen molar-refractivity contribution in [3.8, 4) is 0 Å². The van der Waals surface area contributed by atoms with Gasteiger partial charge in [-0.2, -0.15) is 0 Å². The number of carbonyl (C=O) groups is 1. The molecular weight excluding hydrogens is 294 g/mol. The zero-order chi connectivity index (χ0) is 15.7. The molecule has 1 aromatic carbocycles. The summed E-state index contributed by atoms with van der Waals surface area (Å²) in [5.74, 6) is -0.00101. The number of hydrogen-bond acceptors (Lipinski definition) is 3. The van der Waals surface area contributed by atoms with Gasteiger partial charge in [-0.1, -0.05) is 18.2 Å². The minimum Gasteiger partial charge on any atom is -0.346 e. The zero-order valence-corrected chi connectivity index (χ0v) is 13.8. The average Bonchev–Trinajstić information content (AvgIpc) is 3.02. The zero-order valence-electron chi connectivity index (χ0n) is 13.0. The monoisotopic (exact) mass is 313 g/mol. The molecule has 0 aliphatic rings. The molecule has 0 aliphatic carbocycles. The predicted molar refractivity (Wildman–Crippen MR) is 90.1 cm³/mol. The summed E-state index contributed by atoms with van der Waals surface area (Å²) in [7, 11) is 0. The van der Waals surface area contributed by atoms with E-state index in [0.29, 0.717) is 6.54 Å². The highest BCUT2D eigenvalue weighted by molar-refractivity contribution is 7.11. The Morgan fingerprint density at radius 2 is 2.09 bits per heavy atom. The number of amides is 1. The van der Waals surface area contributed by atoms with Gasteiger partial charge >= 0.3 is 0 Å². The molecule has 3 rings (SSSR count). The molecule has 0 saturated carbocycles. The van der Waals surface area contributed by atoms with Crippen molar-refractivity contribution in [2.75, 3.05) is 0 Å². The summed E-state index contributed by atoms with van der Waals surface area (Å²) in [6, 6.07) is 10.0. The maximum atomic E-state index is 12.3. The van der Waals surface area contributed by atoms with Crippen LogP contribution in [-0.2, 0) is 11.3 Å². The van der Waals surface area contributed by atoms with E-state index in [2.05, 4.69) is 10.3 Å². The van der Waals surface area contributed by atoms with Crippen LogP contribution < -0.4 is 5.32 Å². The van der Waals surface area contributed by atoms with Gasteiger partial charge in [0.1, 0.15) is 6.54 Å². The lowest BCUT2D eigenvalue weighted by atomic mass is 10.2. The van der Waals surface area contributed by atoms with Gasteiger partial charge in [0.15, 0.2) is 0 Å². The molecule has 2 heterocycles. The Morgan fingerprint density at radius 1 is 1.32 bits per heavy atom. The van der Waals surface area contributed by atoms with E-state index in [1.165, 1.54) is 0 Å². The molecule has 3 aromatic rings. The number of fused-ring (bicyclic) bond motifs is 1. The predicted octanol–water partition coefficient (Wildman–Crippen LogP) is 3.59. The second-order valence-electron chi connectivity index (χ2n) is 5.47. The number of aryl methyl sites for hydroxylation is 2. The summed E-state index contributed by atoms with van der Waals surface area (Å²) in [6.07, 6.45) is 1.95. The van der Waals surface area contributed by atoms with Crippen LogP contribution in [0.3, 0.4) is 0 Å². The highest BCUT2D eigenvalue weighted by atomic mass is 32.1. The van der Waals surface area contributed by atoms with Crippen LogP contribution in [0, 0.1) is 13.8 Å². The van der Waals surface area contributed by atoms with Crippen molar-refractivity contribution in [1.29, 1.82) is 0 Å². The topological polar surface area (TPSA) is 46.9 Å². The smallest absolute Gasteiger partial charge is 0.240 e. The van der Waals surface area contributed by atoms with Gasteiger partial charge in [0.25, 0.3) is 0 Å². The largest absolute Gasteiger partial charge is 0.346 e. The molecule has 1 atom stereocenters. The second-order valence-corrected chi connectivity index (χ2v) is 6.87. The Balaban J connectivity index is 1.71. The first-order valence-corrected chi connectivity index (χ1v) is 8.13. The van der Waals surface area contributed by atoms with Gasteiger partial charge < -0.3 is 9.88 Å². The summed E-state index contributed by atoms with van der Waals surface area (Å²) in [5, 5.41) is 5.22. The van der Waals surface area contributed by atoms with Crippen molar-refractivity contribution < 1.29 is 4.79 Å². The third kappa shape index (κ3) is 2.90. The van der Waals surface area contributed by atoms with E-state index in [9.17, 15) is 4.79 Å². The van der Waals surface area contributed by atoms with Crippen LogP contribution >= 0.6 is 11.3 Å². The van der Waals surface area contributed by atoms with Crippen LogP contribution in [-0.4, -0.2) is 15.5 Å². The molecule has 5 heteroatoms. The average molecular weight is 313 g/mol. The molecule has 1 N–H and O–H groups in total. The quantitative estimate of drug-likeness (QED) is 0.800. The molecule has 2 aromatic heterocycles. The SMILES string of the molecule is Cc1nc([C@H](C)NC(=O)Cn2ccc3ccccc32)c(C)s1. The van der Waals surface area contributed by atoms with Crippen LogP contribution in [0.5, 0.6) is 0 Å². The van der Waals surface area contributed by atoms with Gasteiger partial charge in [-0.15, -0.1) is 11.3 Å². The summed E-state index contributed by atoms with van der Waals surface area (Å²) < 4.78 is 1.97. The number of rotatable bonds is 4. The molecule has 0 fully saturated rings. The maximum absolute atomic E-state index is 12.3. The summed E-state index contributed by atoms with van der Waals surface area (Å²) in [4.78, 5) is 18.0. The lowest BCUT2D eigenvalue weighted by molar-refractivity contribution is -0.122. The van der Waals surface area contributed by atoms with E-state index in [1.807, 2.05) is 61.9 Å². The maximum Gasteiger partial charge on any atom is 0.240 e. The molecule has 0 aliphatic heterocycles. The van der Waals surface area contributed by atoms with Gasteiger partial charge in [0.05, 0.1) is 16.7 Å². The van der Waals surface area contributed by atoms with Crippen molar-refractivity contribution in [3.63, 3.8) is 0 Å². The normalized spacial score (nSPS) is 12.5. The lowest BCUT2D eigenvalue weighted by Gasteiger charge is -2.13. The van der Waals surface area contributed by atoms with E-state index in [4.69, 9.17) is 0 Å². The van der Waals surface area contributed by atoms with Gasteiger partial charge in [-0.25, -0.2) is 4.98 Å². The lowest BCUT2D eigenvalue weighted by Crippen LogP contribution is -2.30. The number of nitrogens with zero attached hydrogens (tertiary/aromatic N) is 2. The summed E-state index contributed by atoms with van der Waals surface area (Å²) >= 11 is 1.66. The van der Waals surface area contributed by atoms with E-state index in [0.717, 1.165) is 26.5 Å². The summed E-state index contributed by atoms with van der Waals surface area (Å²) in [5.41, 5.74) is 2.04. The highest BCUT2D eigenvalue weighted by Crippen LogP contribution is 2.22. The van der Waals surface area contributed by atoms with E-state index < -0.39 is 0 Å². The van der Waals surface area contributed by atoms with Crippen LogP contribution in [0.4, 0.5) is 0 Å². The fraction of sp³-hybridized carbons (Fsp3) is 0.294. The van der Waals surface area contributed by atoms with Crippen molar-refractivity contribution in [2.45, 2.75) is 33.4 Å². The first-order valence-electron chi connectivity index (χ1n) is 7.32. The molecule has 4 nitrogen and oxygen atoms in total. The number of thiazole rings is 1. The molecule has 114 valence electrons. The highest BCUT2D eigenvalue weighted by Gasteiger charge is 2.16. The number of aromatic nitrogens is 2. The van der Waals surface area contributed by atoms with E-state index in [-0.39, 0.29) is 11.9 Å². The van der Waals surface area contributed by atoms with Crippen molar-refractivity contribution in [1.82, 2.24) is 14.9 Å². The Morgan fingerprint density at radius 3 is 2.82 bits per heavy atom. The number of para-hydroxylation sites is 1. The van der Waals surface area contributed by atoms with Crippen LogP contribution in [0.2, 0.25) is 0 Å². The van der Waals surface area contributed by atoms with Gasteiger partial charge in [-0.3, -0.25) is 4.79 Å². The molecule has 0 unspecified atom stereocenters. The first-order chi connectivity index (χ1) is 10.5. The fourth-order valence-electron chi connectivity index (χ4n) is 2.74. The Hall–Kier alpha value is -2.14. The Labute approximate surface area is 133 Å². The second kappa shape index (κ2) is 5.93. The van der Waals surface area contributed by atoms with Crippen LogP contribution in [0.25, 0.3) is 10.9 Å². The molecule has 22 heavy (non-hydrogen) atoms. The van der Waals surface area contributed by atoms with Crippen molar-refractivity contribution in [3.05, 3.63) is 52.1 Å². The van der Waals surface area contributed by atoms with E-state index in [1.54, 1.807) is 11.3 Å². The fourth-order valence-corrected chi connectivity index (χ4v) is 3.65. The van der Waals surface area contributed by atoms with Gasteiger partial charge in [-0.05, 0) is 38.3 Å². The third-order valence-electron chi connectivity index (χ3n) is 3.72. The van der Waals surface area contributed by atoms with Gasteiger partial charge in [0.2, 0.25) is 5.91 Å². The standard InChI is InChI=1S/C17H19N3OS/c1-11(17-12(2)22-13(3)19-17)18-16(21)10-20-9-8-14-6-4-5-7-15(14)20/h4-9,11H,10H2,1-3H3,(H,18,21)/t11-/m0/s1. The molecule has 0 saturated heterocycles. The number of benzene rings is 1. The van der Waals surface area contributed by atoms with E-state index >= 15 is 0 Å². The molecule has 0 spiro atoms. The van der Waals surface area contributed by atoms with Crippen molar-refractivity contribution >= 4 is 28.1 Å². The Bertz CT molecular complexity index is 818. The molecule has 1 amide bonds. The molecule has 0 bridgehead atoms. The first kappa shape index (κ1) is 14.8.